The number of nitrogen functional groups attached to an aromatic ring is 1. The van der Waals surface area contributed by atoms with Gasteiger partial charge in [-0.15, -0.1) is 0 Å². The average molecular weight is 282 g/mol. The Labute approximate surface area is 123 Å². The highest BCUT2D eigenvalue weighted by Crippen LogP contribution is 2.26. The van der Waals surface area contributed by atoms with Gasteiger partial charge in [0.15, 0.2) is 0 Å². The summed E-state index contributed by atoms with van der Waals surface area (Å²) in [4.78, 5) is 11.3. The molecule has 0 aromatic heterocycles. The molecule has 1 aliphatic rings. The molecule has 4 heteroatoms. The SMILES string of the molecule is Nc1ccc(C(=O)O)c(NC2CCc3ccccc3C2)c1. The fraction of sp³-hybridized carbons (Fsp3) is 0.235. The van der Waals surface area contributed by atoms with Gasteiger partial charge in [0.05, 0.1) is 11.3 Å². The second-order valence-corrected chi connectivity index (χ2v) is 5.46. The fourth-order valence-corrected chi connectivity index (χ4v) is 2.91. The van der Waals surface area contributed by atoms with Gasteiger partial charge in [-0.1, -0.05) is 24.3 Å². The van der Waals surface area contributed by atoms with Gasteiger partial charge >= 0.3 is 5.97 Å². The molecule has 0 saturated heterocycles. The fourth-order valence-electron chi connectivity index (χ4n) is 2.91. The number of fused-ring (bicyclic) bond motifs is 1. The molecule has 108 valence electrons. The van der Waals surface area contributed by atoms with E-state index in [9.17, 15) is 9.90 Å². The minimum atomic E-state index is -0.936. The molecule has 1 aliphatic carbocycles. The second-order valence-electron chi connectivity index (χ2n) is 5.46. The standard InChI is InChI=1S/C17H18N2O2/c18-13-6-8-15(17(20)21)16(10-13)19-14-7-5-11-3-1-2-4-12(11)9-14/h1-4,6,8,10,14,19H,5,7,9,18H2,(H,20,21). The lowest BCUT2D eigenvalue weighted by molar-refractivity contribution is 0.0698. The number of aryl methyl sites for hydroxylation is 1. The van der Waals surface area contributed by atoms with Crippen molar-refractivity contribution < 1.29 is 9.90 Å². The number of benzene rings is 2. The van der Waals surface area contributed by atoms with Crippen molar-refractivity contribution in [2.24, 2.45) is 0 Å². The molecule has 21 heavy (non-hydrogen) atoms. The molecule has 4 N–H and O–H groups in total. The summed E-state index contributed by atoms with van der Waals surface area (Å²) in [7, 11) is 0. The molecule has 0 fully saturated rings. The Morgan fingerprint density at radius 3 is 2.71 bits per heavy atom. The van der Waals surface area contributed by atoms with Crippen molar-refractivity contribution in [3.8, 4) is 0 Å². The lowest BCUT2D eigenvalue weighted by Gasteiger charge is -2.27. The lowest BCUT2D eigenvalue weighted by Crippen LogP contribution is -2.28. The van der Waals surface area contributed by atoms with Crippen LogP contribution >= 0.6 is 0 Å². The van der Waals surface area contributed by atoms with Crippen molar-refractivity contribution in [3.05, 3.63) is 59.2 Å². The van der Waals surface area contributed by atoms with Gasteiger partial charge in [-0.3, -0.25) is 0 Å². The molecule has 2 aromatic rings. The Kier molecular flexibility index (Phi) is 3.52. The van der Waals surface area contributed by atoms with Crippen molar-refractivity contribution in [1.29, 1.82) is 0 Å². The van der Waals surface area contributed by atoms with Crippen LogP contribution in [-0.2, 0) is 12.8 Å². The van der Waals surface area contributed by atoms with E-state index in [1.807, 2.05) is 6.07 Å². The van der Waals surface area contributed by atoms with Gasteiger partial charge in [-0.25, -0.2) is 4.79 Å². The number of rotatable bonds is 3. The zero-order chi connectivity index (χ0) is 14.8. The largest absolute Gasteiger partial charge is 0.478 e. The number of hydrogen-bond donors (Lipinski definition) is 3. The van der Waals surface area contributed by atoms with Gasteiger partial charge in [0.25, 0.3) is 0 Å². The Morgan fingerprint density at radius 2 is 1.95 bits per heavy atom. The molecule has 0 saturated carbocycles. The molecule has 0 heterocycles. The van der Waals surface area contributed by atoms with E-state index in [0.717, 1.165) is 19.3 Å². The van der Waals surface area contributed by atoms with Crippen molar-refractivity contribution in [2.75, 3.05) is 11.1 Å². The lowest BCUT2D eigenvalue weighted by atomic mass is 9.88. The van der Waals surface area contributed by atoms with Crippen LogP contribution in [0.3, 0.4) is 0 Å². The first-order valence-corrected chi connectivity index (χ1v) is 7.09. The maximum absolute atomic E-state index is 11.3. The van der Waals surface area contributed by atoms with E-state index >= 15 is 0 Å². The summed E-state index contributed by atoms with van der Waals surface area (Å²) in [6.07, 6.45) is 2.91. The van der Waals surface area contributed by atoms with Crippen molar-refractivity contribution >= 4 is 17.3 Å². The quantitative estimate of drug-likeness (QED) is 0.757. The van der Waals surface area contributed by atoms with E-state index in [4.69, 9.17) is 5.73 Å². The van der Waals surface area contributed by atoms with Crippen molar-refractivity contribution in [3.63, 3.8) is 0 Å². The number of aromatic carboxylic acids is 1. The molecule has 1 unspecified atom stereocenters. The molecular weight excluding hydrogens is 264 g/mol. The molecule has 0 spiro atoms. The van der Waals surface area contributed by atoms with Crippen molar-refractivity contribution in [1.82, 2.24) is 0 Å². The highest BCUT2D eigenvalue weighted by molar-refractivity contribution is 5.95. The third-order valence-corrected chi connectivity index (χ3v) is 3.98. The third kappa shape index (κ3) is 2.84. The first kappa shape index (κ1) is 13.5. The van der Waals surface area contributed by atoms with E-state index in [2.05, 4.69) is 23.5 Å². The number of nitrogens with one attached hydrogen (secondary N) is 1. The van der Waals surface area contributed by atoms with E-state index < -0.39 is 5.97 Å². The van der Waals surface area contributed by atoms with Crippen LogP contribution in [0.25, 0.3) is 0 Å². The average Bonchev–Trinajstić information content (AvgIpc) is 2.47. The van der Waals surface area contributed by atoms with Gasteiger partial charge < -0.3 is 16.2 Å². The number of anilines is 2. The Balaban J connectivity index is 1.82. The van der Waals surface area contributed by atoms with Crippen LogP contribution in [-0.4, -0.2) is 17.1 Å². The van der Waals surface area contributed by atoms with E-state index in [1.54, 1.807) is 18.2 Å². The zero-order valence-electron chi connectivity index (χ0n) is 11.7. The molecule has 0 bridgehead atoms. The van der Waals surface area contributed by atoms with E-state index in [-0.39, 0.29) is 11.6 Å². The summed E-state index contributed by atoms with van der Waals surface area (Å²) in [6, 6.07) is 13.5. The van der Waals surface area contributed by atoms with E-state index in [1.165, 1.54) is 11.1 Å². The highest BCUT2D eigenvalue weighted by Gasteiger charge is 2.20. The topological polar surface area (TPSA) is 75.4 Å². The van der Waals surface area contributed by atoms with Gasteiger partial charge in [0, 0.05) is 11.7 Å². The number of carboxylic acids is 1. The summed E-state index contributed by atoms with van der Waals surface area (Å²) in [5, 5.41) is 12.6. The first-order valence-electron chi connectivity index (χ1n) is 7.09. The predicted molar refractivity (Wildman–Crippen MR) is 83.7 cm³/mol. The van der Waals surface area contributed by atoms with Gasteiger partial charge in [-0.05, 0) is 48.6 Å². The zero-order valence-corrected chi connectivity index (χ0v) is 11.7. The van der Waals surface area contributed by atoms with E-state index in [0.29, 0.717) is 11.4 Å². The highest BCUT2D eigenvalue weighted by atomic mass is 16.4. The predicted octanol–water partition coefficient (Wildman–Crippen LogP) is 2.94. The molecule has 3 rings (SSSR count). The number of carboxylic acid groups (broad SMARTS) is 1. The smallest absolute Gasteiger partial charge is 0.337 e. The van der Waals surface area contributed by atoms with Crippen LogP contribution in [0.5, 0.6) is 0 Å². The number of hydrogen-bond acceptors (Lipinski definition) is 3. The summed E-state index contributed by atoms with van der Waals surface area (Å²) >= 11 is 0. The summed E-state index contributed by atoms with van der Waals surface area (Å²) in [6.45, 7) is 0. The summed E-state index contributed by atoms with van der Waals surface area (Å²) < 4.78 is 0. The summed E-state index contributed by atoms with van der Waals surface area (Å²) in [5.74, 6) is -0.936. The van der Waals surface area contributed by atoms with Crippen LogP contribution in [0.1, 0.15) is 27.9 Å². The minimum absolute atomic E-state index is 0.236. The minimum Gasteiger partial charge on any atom is -0.478 e. The first-order chi connectivity index (χ1) is 10.1. The Morgan fingerprint density at radius 1 is 1.19 bits per heavy atom. The maximum atomic E-state index is 11.3. The monoisotopic (exact) mass is 282 g/mol. The molecule has 1 atom stereocenters. The molecule has 2 aromatic carbocycles. The normalized spacial score (nSPS) is 17.0. The summed E-state index contributed by atoms with van der Waals surface area (Å²) in [5.41, 5.74) is 9.94. The van der Waals surface area contributed by atoms with Crippen LogP contribution in [0.4, 0.5) is 11.4 Å². The molecule has 0 radical (unpaired) electrons. The van der Waals surface area contributed by atoms with Crippen LogP contribution in [0, 0.1) is 0 Å². The Bertz CT molecular complexity index is 682. The van der Waals surface area contributed by atoms with Gasteiger partial charge in [0.1, 0.15) is 0 Å². The van der Waals surface area contributed by atoms with Crippen LogP contribution in [0.2, 0.25) is 0 Å². The molecule has 4 nitrogen and oxygen atoms in total. The maximum Gasteiger partial charge on any atom is 0.337 e. The number of nitrogens with two attached hydrogens (primary N) is 1. The van der Waals surface area contributed by atoms with Gasteiger partial charge in [-0.2, -0.15) is 0 Å². The molecule has 0 aliphatic heterocycles. The van der Waals surface area contributed by atoms with Crippen LogP contribution in [0.15, 0.2) is 42.5 Å². The van der Waals surface area contributed by atoms with Gasteiger partial charge in [0.2, 0.25) is 0 Å². The third-order valence-electron chi connectivity index (χ3n) is 3.98. The number of carbonyl (C=O) groups is 1. The molecule has 0 amide bonds. The molecular formula is C17H18N2O2. The second kappa shape index (κ2) is 5.48. The van der Waals surface area contributed by atoms with Crippen molar-refractivity contribution in [2.45, 2.75) is 25.3 Å². The van der Waals surface area contributed by atoms with Crippen LogP contribution < -0.4 is 11.1 Å². The Hall–Kier alpha value is -2.49.